The quantitative estimate of drug-likeness (QED) is 0.251. The van der Waals surface area contributed by atoms with Gasteiger partial charge in [0.05, 0.1) is 12.7 Å². The van der Waals surface area contributed by atoms with Crippen LogP contribution in [0.4, 0.5) is 4.39 Å². The third-order valence-corrected chi connectivity index (χ3v) is 8.87. The Morgan fingerprint density at radius 1 is 1.17 bits per heavy atom. The second-order valence-corrected chi connectivity index (χ2v) is 12.0. The van der Waals surface area contributed by atoms with Crippen LogP contribution in [0, 0.1) is 0 Å². The highest BCUT2D eigenvalue weighted by molar-refractivity contribution is 8.76. The number of hydrogen-bond acceptors (Lipinski definition) is 11. The van der Waals surface area contributed by atoms with Gasteiger partial charge in [-0.25, -0.2) is 13.8 Å². The number of hydrogen-bond donors (Lipinski definition) is 4. The van der Waals surface area contributed by atoms with Gasteiger partial charge in [0.1, 0.15) is 24.9 Å². The van der Waals surface area contributed by atoms with Gasteiger partial charge in [0, 0.05) is 23.8 Å². The average Bonchev–Trinajstić information content (AvgIpc) is 3.07. The molecule has 12 nitrogen and oxygen atoms in total. The van der Waals surface area contributed by atoms with E-state index in [0.717, 1.165) is 17.8 Å². The molecule has 2 aromatic rings. The minimum atomic E-state index is -4.87. The normalized spacial score (nSPS) is 32.3. The molecule has 0 bridgehead atoms. The molecule has 0 aliphatic carbocycles. The van der Waals surface area contributed by atoms with E-state index < -0.39 is 62.2 Å². The van der Waals surface area contributed by atoms with Crippen LogP contribution in [0.25, 0.3) is 0 Å². The summed E-state index contributed by atoms with van der Waals surface area (Å²) >= 11 is 0. The molecule has 0 spiro atoms. The summed E-state index contributed by atoms with van der Waals surface area (Å²) < 4.78 is 49.5. The van der Waals surface area contributed by atoms with Gasteiger partial charge in [-0.15, -0.1) is 0 Å². The van der Waals surface area contributed by atoms with Gasteiger partial charge in [0.25, 0.3) is 11.4 Å². The Bertz CT molecular complexity index is 1200. The molecule has 1 aromatic carbocycles. The number of ether oxygens (including phenoxy) is 2. The van der Waals surface area contributed by atoms with Crippen molar-refractivity contribution in [1.29, 1.82) is 0 Å². The first kappa shape index (κ1) is 27.5. The number of rotatable bonds is 9. The number of alkyl halides is 1. The molecule has 16 heteroatoms. The Morgan fingerprint density at radius 3 is 2.56 bits per heavy atom. The Kier molecular flexibility index (Phi) is 8.77. The predicted octanol–water partition coefficient (Wildman–Crippen LogP) is 0.936. The topological polar surface area (TPSA) is 170 Å². The summed E-state index contributed by atoms with van der Waals surface area (Å²) in [5.74, 6) is -2.39. The van der Waals surface area contributed by atoms with Crippen LogP contribution in [0.2, 0.25) is 0 Å². The molecule has 0 amide bonds. The molecule has 0 saturated carbocycles. The van der Waals surface area contributed by atoms with E-state index in [1.807, 2.05) is 35.3 Å². The molecule has 198 valence electrons. The molecular formula is C20H24FN2O10PS2. The van der Waals surface area contributed by atoms with Crippen molar-refractivity contribution < 1.29 is 42.6 Å². The number of aliphatic hydroxyl groups is 2. The highest BCUT2D eigenvalue weighted by Crippen LogP contribution is 2.50. The molecule has 2 saturated heterocycles. The van der Waals surface area contributed by atoms with Crippen LogP contribution in [-0.2, 0) is 29.7 Å². The lowest BCUT2D eigenvalue weighted by Gasteiger charge is -2.32. The maximum atomic E-state index is 15.3. The van der Waals surface area contributed by atoms with Crippen molar-refractivity contribution in [3.05, 3.63) is 69.0 Å². The molecular weight excluding hydrogens is 542 g/mol. The van der Waals surface area contributed by atoms with Crippen molar-refractivity contribution in [1.82, 2.24) is 9.55 Å². The van der Waals surface area contributed by atoms with Crippen LogP contribution >= 0.6 is 29.4 Å². The minimum absolute atomic E-state index is 0.254. The fourth-order valence-corrected chi connectivity index (χ4v) is 7.06. The van der Waals surface area contributed by atoms with Gasteiger partial charge in [-0.2, -0.15) is 0 Å². The van der Waals surface area contributed by atoms with E-state index in [4.69, 9.17) is 18.5 Å². The number of phosphoric acid groups is 1. The molecule has 2 fully saturated rings. The number of aliphatic hydroxyl groups excluding tert-OH is 2. The van der Waals surface area contributed by atoms with Crippen LogP contribution in [0.3, 0.4) is 0 Å². The standard InChI is InChI=1S/C20H24FN2O10PS2/c21-20(17(26)16(25)18(32-20)23-7-6-15(24)22-19(23)27)11-31-34(28,29)33-14-10-36-35-9-13(14)30-8-12-4-2-1-3-5-12/h1-7,13-14,16-18,25-26H,8-11H2,(H,28,29)(H,22,24,27)/t13?,14?,16-,17+,18-,20-/m1/s1. The largest absolute Gasteiger partial charge is 0.472 e. The number of aromatic nitrogens is 2. The smallest absolute Gasteiger partial charge is 0.385 e. The summed E-state index contributed by atoms with van der Waals surface area (Å²) in [5.41, 5.74) is -0.846. The van der Waals surface area contributed by atoms with Gasteiger partial charge in [0.2, 0.25) is 0 Å². The molecule has 1 aromatic heterocycles. The molecule has 4 N–H and O–H groups in total. The van der Waals surface area contributed by atoms with E-state index in [9.17, 15) is 29.3 Å². The minimum Gasteiger partial charge on any atom is -0.385 e. The molecule has 36 heavy (non-hydrogen) atoms. The van der Waals surface area contributed by atoms with E-state index in [2.05, 4.69) is 0 Å². The Balaban J connectivity index is 1.38. The van der Waals surface area contributed by atoms with Gasteiger partial charge in [0.15, 0.2) is 6.23 Å². The molecule has 3 heterocycles. The first-order chi connectivity index (χ1) is 17.1. The van der Waals surface area contributed by atoms with Crippen LogP contribution < -0.4 is 11.2 Å². The third-order valence-electron chi connectivity index (χ3n) is 5.46. The summed E-state index contributed by atoms with van der Waals surface area (Å²) in [6.45, 7) is -1.04. The first-order valence-electron chi connectivity index (χ1n) is 10.7. The average molecular weight is 567 g/mol. The third kappa shape index (κ3) is 6.48. The second kappa shape index (κ2) is 11.5. The van der Waals surface area contributed by atoms with E-state index in [1.54, 1.807) is 0 Å². The van der Waals surface area contributed by atoms with Gasteiger partial charge < -0.3 is 24.6 Å². The van der Waals surface area contributed by atoms with E-state index in [1.165, 1.54) is 21.6 Å². The highest BCUT2D eigenvalue weighted by atomic mass is 33.1. The predicted molar refractivity (Wildman–Crippen MR) is 128 cm³/mol. The van der Waals surface area contributed by atoms with Crippen LogP contribution in [0.5, 0.6) is 0 Å². The maximum absolute atomic E-state index is 15.3. The summed E-state index contributed by atoms with van der Waals surface area (Å²) in [6.07, 6.45) is -6.39. The Labute approximate surface area is 211 Å². The van der Waals surface area contributed by atoms with E-state index >= 15 is 4.39 Å². The van der Waals surface area contributed by atoms with Gasteiger partial charge in [-0.1, -0.05) is 51.9 Å². The lowest BCUT2D eigenvalue weighted by atomic mass is 10.1. The maximum Gasteiger partial charge on any atom is 0.472 e. The number of nitrogens with one attached hydrogen (secondary N) is 1. The van der Waals surface area contributed by atoms with Crippen LogP contribution in [-0.4, -0.2) is 73.0 Å². The van der Waals surface area contributed by atoms with Gasteiger partial charge in [-0.05, 0) is 5.56 Å². The van der Waals surface area contributed by atoms with E-state index in [-0.39, 0.29) is 6.61 Å². The highest BCUT2D eigenvalue weighted by Gasteiger charge is 2.57. The molecule has 3 unspecified atom stereocenters. The van der Waals surface area contributed by atoms with Gasteiger partial charge >= 0.3 is 13.5 Å². The summed E-state index contributed by atoms with van der Waals surface area (Å²) in [6, 6.07) is 10.3. The number of H-pyrrole nitrogens is 1. The molecule has 7 atom stereocenters. The molecule has 2 aliphatic rings. The zero-order valence-corrected chi connectivity index (χ0v) is 21.1. The second-order valence-electron chi connectivity index (χ2n) is 8.04. The van der Waals surface area contributed by atoms with E-state index in [0.29, 0.717) is 16.1 Å². The van der Waals surface area contributed by atoms with Crippen molar-refractivity contribution in [2.45, 2.75) is 43.1 Å². The zero-order valence-electron chi connectivity index (χ0n) is 18.5. The number of phosphoric ester groups is 1. The Hall–Kier alpha value is -1.52. The lowest BCUT2D eigenvalue weighted by molar-refractivity contribution is -0.205. The SMILES string of the molecule is O=c1ccn([C@@H]2O[C@](F)(COP(=O)(O)OC3CSSCC3OCc3ccccc3)[C@@H](O)[C@H]2O)c(=O)[nH]1. The van der Waals surface area contributed by atoms with Crippen molar-refractivity contribution in [3.8, 4) is 0 Å². The van der Waals surface area contributed by atoms with Crippen molar-refractivity contribution in [2.24, 2.45) is 0 Å². The van der Waals surface area contributed by atoms with Crippen molar-refractivity contribution in [3.63, 3.8) is 0 Å². The molecule has 2 aliphatic heterocycles. The van der Waals surface area contributed by atoms with Crippen molar-refractivity contribution in [2.75, 3.05) is 18.1 Å². The number of aromatic amines is 1. The van der Waals surface area contributed by atoms with Crippen LogP contribution in [0.15, 0.2) is 52.2 Å². The summed E-state index contributed by atoms with van der Waals surface area (Å²) in [7, 11) is -1.96. The fourth-order valence-electron chi connectivity index (χ4n) is 3.57. The van der Waals surface area contributed by atoms with Crippen molar-refractivity contribution >= 4 is 29.4 Å². The monoisotopic (exact) mass is 566 g/mol. The van der Waals surface area contributed by atoms with Gasteiger partial charge in [-0.3, -0.25) is 23.4 Å². The number of nitrogens with zero attached hydrogens (tertiary/aromatic N) is 1. The first-order valence-corrected chi connectivity index (χ1v) is 14.7. The Morgan fingerprint density at radius 2 is 1.86 bits per heavy atom. The number of benzene rings is 1. The fraction of sp³-hybridized carbons (Fsp3) is 0.500. The molecule has 0 radical (unpaired) electrons. The molecule has 4 rings (SSSR count). The zero-order chi connectivity index (χ0) is 25.9. The summed E-state index contributed by atoms with van der Waals surface area (Å²) in [5, 5.41) is 20.4. The van der Waals surface area contributed by atoms with Crippen LogP contribution in [0.1, 0.15) is 11.8 Å². The number of halogens is 1. The lowest BCUT2D eigenvalue weighted by Crippen LogP contribution is -2.43. The summed E-state index contributed by atoms with van der Waals surface area (Å²) in [4.78, 5) is 35.4.